The molecular weight excluding hydrogens is 257 g/mol. The average Bonchev–Trinajstić information content (AvgIpc) is 2.74. The van der Waals surface area contributed by atoms with Crippen LogP contribution < -0.4 is 15.4 Å². The Hall–Kier alpha value is -1.27. The Bertz CT molecular complexity index is 411. The normalized spacial score (nSPS) is 23.6. The molecule has 1 aliphatic rings. The van der Waals surface area contributed by atoms with Crippen molar-refractivity contribution in [1.82, 2.24) is 10.6 Å². The molecule has 106 valence electrons. The van der Waals surface area contributed by atoms with Crippen LogP contribution in [-0.4, -0.2) is 25.0 Å². The number of halogens is 3. The molecule has 1 atom stereocenters. The van der Waals surface area contributed by atoms with Gasteiger partial charge in [0.05, 0.1) is 0 Å². The fourth-order valence-electron chi connectivity index (χ4n) is 2.09. The summed E-state index contributed by atoms with van der Waals surface area (Å²) in [4.78, 5) is 0. The number of benzene rings is 1. The van der Waals surface area contributed by atoms with Gasteiger partial charge in [-0.05, 0) is 37.6 Å². The Balaban J connectivity index is 1.88. The summed E-state index contributed by atoms with van der Waals surface area (Å²) >= 11 is 0. The van der Waals surface area contributed by atoms with E-state index in [-0.39, 0.29) is 11.3 Å². The SMILES string of the molecule is CC1(NCc2ccc(OC(F)(F)F)cc2)CCNC1. The van der Waals surface area contributed by atoms with Crippen LogP contribution in [0.25, 0.3) is 0 Å². The Kier molecular flexibility index (Phi) is 4.01. The third-order valence-corrected chi connectivity index (χ3v) is 3.24. The van der Waals surface area contributed by atoms with Crippen LogP contribution in [0.1, 0.15) is 18.9 Å². The van der Waals surface area contributed by atoms with Crippen LogP contribution in [0, 0.1) is 0 Å². The number of rotatable bonds is 4. The van der Waals surface area contributed by atoms with Gasteiger partial charge in [0.1, 0.15) is 5.75 Å². The minimum Gasteiger partial charge on any atom is -0.406 e. The van der Waals surface area contributed by atoms with Crippen LogP contribution in [0.4, 0.5) is 13.2 Å². The zero-order chi connectivity index (χ0) is 13.9. The fourth-order valence-corrected chi connectivity index (χ4v) is 2.09. The summed E-state index contributed by atoms with van der Waals surface area (Å²) in [5.74, 6) is -0.190. The van der Waals surface area contributed by atoms with E-state index in [0.717, 1.165) is 25.1 Å². The first-order chi connectivity index (χ1) is 8.86. The minimum atomic E-state index is -4.64. The van der Waals surface area contributed by atoms with E-state index in [1.807, 2.05) is 0 Å². The molecule has 0 spiro atoms. The molecule has 0 saturated carbocycles. The lowest BCUT2D eigenvalue weighted by molar-refractivity contribution is -0.274. The number of alkyl halides is 3. The lowest BCUT2D eigenvalue weighted by Crippen LogP contribution is -2.43. The van der Waals surface area contributed by atoms with E-state index < -0.39 is 6.36 Å². The molecule has 6 heteroatoms. The van der Waals surface area contributed by atoms with Gasteiger partial charge in [-0.25, -0.2) is 0 Å². The maximum atomic E-state index is 12.0. The highest BCUT2D eigenvalue weighted by atomic mass is 19.4. The van der Waals surface area contributed by atoms with Crippen LogP contribution in [0.2, 0.25) is 0 Å². The molecule has 0 aliphatic carbocycles. The molecule has 19 heavy (non-hydrogen) atoms. The largest absolute Gasteiger partial charge is 0.573 e. The zero-order valence-corrected chi connectivity index (χ0v) is 10.7. The van der Waals surface area contributed by atoms with E-state index in [1.54, 1.807) is 12.1 Å². The second-order valence-electron chi connectivity index (χ2n) is 5.03. The summed E-state index contributed by atoms with van der Waals surface area (Å²) in [6.45, 7) is 4.66. The van der Waals surface area contributed by atoms with E-state index in [4.69, 9.17) is 0 Å². The van der Waals surface area contributed by atoms with E-state index in [0.29, 0.717) is 6.54 Å². The highest BCUT2D eigenvalue weighted by Gasteiger charge is 2.31. The van der Waals surface area contributed by atoms with Gasteiger partial charge in [-0.15, -0.1) is 13.2 Å². The van der Waals surface area contributed by atoms with Crippen molar-refractivity contribution in [1.29, 1.82) is 0 Å². The molecule has 0 amide bonds. The molecule has 2 N–H and O–H groups in total. The van der Waals surface area contributed by atoms with Crippen molar-refractivity contribution in [3.8, 4) is 5.75 Å². The van der Waals surface area contributed by atoms with Gasteiger partial charge in [-0.3, -0.25) is 0 Å². The Morgan fingerprint density at radius 1 is 1.32 bits per heavy atom. The summed E-state index contributed by atoms with van der Waals surface area (Å²) in [6.07, 6.45) is -3.59. The maximum Gasteiger partial charge on any atom is 0.573 e. The van der Waals surface area contributed by atoms with Gasteiger partial charge < -0.3 is 15.4 Å². The van der Waals surface area contributed by atoms with Gasteiger partial charge in [-0.1, -0.05) is 12.1 Å². The van der Waals surface area contributed by atoms with Crippen molar-refractivity contribution in [2.45, 2.75) is 31.8 Å². The van der Waals surface area contributed by atoms with Crippen LogP contribution in [0.3, 0.4) is 0 Å². The van der Waals surface area contributed by atoms with Gasteiger partial charge in [0.2, 0.25) is 0 Å². The van der Waals surface area contributed by atoms with Gasteiger partial charge >= 0.3 is 6.36 Å². The quantitative estimate of drug-likeness (QED) is 0.884. The van der Waals surface area contributed by atoms with Gasteiger partial charge in [-0.2, -0.15) is 0 Å². The third kappa shape index (κ3) is 4.40. The molecule has 1 aliphatic heterocycles. The predicted octanol–water partition coefficient (Wildman–Crippen LogP) is 2.43. The van der Waals surface area contributed by atoms with Crippen molar-refractivity contribution >= 4 is 0 Å². The number of hydrogen-bond donors (Lipinski definition) is 2. The zero-order valence-electron chi connectivity index (χ0n) is 10.7. The molecular formula is C13H17F3N2O. The lowest BCUT2D eigenvalue weighted by Gasteiger charge is -2.24. The van der Waals surface area contributed by atoms with Crippen LogP contribution >= 0.6 is 0 Å². The summed E-state index contributed by atoms with van der Waals surface area (Å²) in [5, 5.41) is 6.69. The summed E-state index contributed by atoms with van der Waals surface area (Å²) < 4.78 is 39.8. The van der Waals surface area contributed by atoms with E-state index >= 15 is 0 Å². The number of hydrogen-bond acceptors (Lipinski definition) is 3. The third-order valence-electron chi connectivity index (χ3n) is 3.24. The van der Waals surface area contributed by atoms with Gasteiger partial charge in [0.15, 0.2) is 0 Å². The topological polar surface area (TPSA) is 33.3 Å². The molecule has 1 aromatic rings. The Labute approximate surface area is 110 Å². The minimum absolute atomic E-state index is 0.0567. The summed E-state index contributed by atoms with van der Waals surface area (Å²) in [7, 11) is 0. The highest BCUT2D eigenvalue weighted by Crippen LogP contribution is 2.23. The fraction of sp³-hybridized carbons (Fsp3) is 0.538. The van der Waals surface area contributed by atoms with Gasteiger partial charge in [0, 0.05) is 18.6 Å². The van der Waals surface area contributed by atoms with Crippen molar-refractivity contribution in [2.75, 3.05) is 13.1 Å². The van der Waals surface area contributed by atoms with Crippen molar-refractivity contribution in [2.24, 2.45) is 0 Å². The summed E-state index contributed by atoms with van der Waals surface area (Å²) in [6, 6.07) is 5.94. The first-order valence-electron chi connectivity index (χ1n) is 6.17. The first-order valence-corrected chi connectivity index (χ1v) is 6.17. The second-order valence-corrected chi connectivity index (χ2v) is 5.03. The standard InChI is InChI=1S/C13H17F3N2O/c1-12(6-7-17-9-12)18-8-10-2-4-11(5-3-10)19-13(14,15)16/h2-5,17-18H,6-9H2,1H3. The molecule has 0 bridgehead atoms. The molecule has 0 aromatic heterocycles. The predicted molar refractivity (Wildman–Crippen MR) is 65.9 cm³/mol. The Morgan fingerprint density at radius 3 is 2.53 bits per heavy atom. The number of nitrogens with one attached hydrogen (secondary N) is 2. The van der Waals surface area contributed by atoms with Crippen LogP contribution in [0.5, 0.6) is 5.75 Å². The van der Waals surface area contributed by atoms with Gasteiger partial charge in [0.25, 0.3) is 0 Å². The molecule has 1 unspecified atom stereocenters. The molecule has 1 fully saturated rings. The number of ether oxygens (including phenoxy) is 1. The maximum absolute atomic E-state index is 12.0. The van der Waals surface area contributed by atoms with E-state index in [1.165, 1.54) is 12.1 Å². The molecule has 0 radical (unpaired) electrons. The Morgan fingerprint density at radius 2 is 2.00 bits per heavy atom. The lowest BCUT2D eigenvalue weighted by atomic mass is 10.0. The molecule has 2 rings (SSSR count). The van der Waals surface area contributed by atoms with Crippen molar-refractivity contribution in [3.05, 3.63) is 29.8 Å². The van der Waals surface area contributed by atoms with Crippen LogP contribution in [0.15, 0.2) is 24.3 Å². The molecule has 1 heterocycles. The van der Waals surface area contributed by atoms with Crippen molar-refractivity contribution in [3.63, 3.8) is 0 Å². The second kappa shape index (κ2) is 5.38. The summed E-state index contributed by atoms with van der Waals surface area (Å²) in [5.41, 5.74) is 0.990. The van der Waals surface area contributed by atoms with E-state index in [2.05, 4.69) is 22.3 Å². The van der Waals surface area contributed by atoms with Crippen LogP contribution in [-0.2, 0) is 6.54 Å². The monoisotopic (exact) mass is 274 g/mol. The highest BCUT2D eigenvalue weighted by molar-refractivity contribution is 5.27. The van der Waals surface area contributed by atoms with E-state index in [9.17, 15) is 13.2 Å². The molecule has 3 nitrogen and oxygen atoms in total. The molecule has 1 aromatic carbocycles. The molecule has 1 saturated heterocycles. The smallest absolute Gasteiger partial charge is 0.406 e. The first kappa shape index (κ1) is 14.1. The van der Waals surface area contributed by atoms with Crippen molar-refractivity contribution < 1.29 is 17.9 Å². The average molecular weight is 274 g/mol.